The molecule has 0 N–H and O–H groups in total. The predicted molar refractivity (Wildman–Crippen MR) is 70.7 cm³/mol. The third-order valence-corrected chi connectivity index (χ3v) is 5.04. The molecule has 0 bridgehead atoms. The topological polar surface area (TPSA) is 0 Å². The second-order valence-electron chi connectivity index (χ2n) is 3.81. The number of hydrogen-bond donors (Lipinski definition) is 0. The van der Waals surface area contributed by atoms with Crippen LogP contribution in [0.25, 0.3) is 6.08 Å². The molecule has 0 fully saturated rings. The van der Waals surface area contributed by atoms with Crippen molar-refractivity contribution in [3.8, 4) is 0 Å². The summed E-state index contributed by atoms with van der Waals surface area (Å²) in [5, 5.41) is 0. The Kier molecular flexibility index (Phi) is 2.55. The SMILES string of the molecule is C1=Cc2ccccc2[S+](c2ccccc2)C1. The van der Waals surface area contributed by atoms with Crippen LogP contribution in [0.4, 0.5) is 0 Å². The highest BCUT2D eigenvalue weighted by molar-refractivity contribution is 7.97. The fourth-order valence-corrected chi connectivity index (χ4v) is 4.08. The average molecular weight is 225 g/mol. The Bertz CT molecular complexity index is 514. The minimum atomic E-state index is 0.230. The lowest BCUT2D eigenvalue weighted by molar-refractivity contribution is 1.33. The molecule has 78 valence electrons. The first kappa shape index (κ1) is 9.73. The Hall–Kier alpha value is -1.47. The van der Waals surface area contributed by atoms with Crippen molar-refractivity contribution in [3.63, 3.8) is 0 Å². The first-order chi connectivity index (χ1) is 7.95. The van der Waals surface area contributed by atoms with E-state index in [9.17, 15) is 0 Å². The number of benzene rings is 2. The zero-order valence-corrected chi connectivity index (χ0v) is 9.78. The molecule has 1 unspecified atom stereocenters. The van der Waals surface area contributed by atoms with Crippen molar-refractivity contribution in [3.05, 3.63) is 66.2 Å². The molecule has 3 rings (SSSR count). The lowest BCUT2D eigenvalue weighted by atomic mass is 10.2. The van der Waals surface area contributed by atoms with Crippen molar-refractivity contribution in [2.75, 3.05) is 5.75 Å². The molecule has 16 heavy (non-hydrogen) atoms. The fraction of sp³-hybridized carbons (Fsp3) is 0.0667. The van der Waals surface area contributed by atoms with E-state index in [0.29, 0.717) is 0 Å². The predicted octanol–water partition coefficient (Wildman–Crippen LogP) is 3.75. The number of rotatable bonds is 1. The van der Waals surface area contributed by atoms with E-state index in [-0.39, 0.29) is 10.9 Å². The Labute approximate surface area is 99.0 Å². The van der Waals surface area contributed by atoms with E-state index in [0.717, 1.165) is 5.75 Å². The van der Waals surface area contributed by atoms with Crippen LogP contribution in [0.5, 0.6) is 0 Å². The molecule has 2 aromatic rings. The zero-order chi connectivity index (χ0) is 10.8. The molecule has 0 amide bonds. The largest absolute Gasteiger partial charge is 0.168 e. The Morgan fingerprint density at radius 1 is 0.812 bits per heavy atom. The normalized spacial score (nSPS) is 18.1. The van der Waals surface area contributed by atoms with Gasteiger partial charge in [-0.1, -0.05) is 30.3 Å². The molecule has 0 saturated heterocycles. The molecule has 1 heterocycles. The minimum absolute atomic E-state index is 0.230. The van der Waals surface area contributed by atoms with Crippen LogP contribution < -0.4 is 0 Å². The summed E-state index contributed by atoms with van der Waals surface area (Å²) in [4.78, 5) is 2.93. The number of hydrogen-bond acceptors (Lipinski definition) is 0. The fourth-order valence-electron chi connectivity index (χ4n) is 2.01. The summed E-state index contributed by atoms with van der Waals surface area (Å²) >= 11 is 0. The molecule has 0 nitrogen and oxygen atoms in total. The highest BCUT2D eigenvalue weighted by atomic mass is 32.2. The van der Waals surface area contributed by atoms with E-state index >= 15 is 0 Å². The summed E-state index contributed by atoms with van der Waals surface area (Å²) < 4.78 is 0. The molecule has 0 saturated carbocycles. The van der Waals surface area contributed by atoms with E-state index < -0.39 is 0 Å². The third-order valence-electron chi connectivity index (χ3n) is 2.77. The smallest absolute Gasteiger partial charge is 0.0619 e. The molecule has 1 aliphatic rings. The molecule has 1 atom stereocenters. The summed E-state index contributed by atoms with van der Waals surface area (Å²) in [6.45, 7) is 0. The van der Waals surface area contributed by atoms with Crippen LogP contribution >= 0.6 is 0 Å². The molecule has 0 aliphatic carbocycles. The van der Waals surface area contributed by atoms with Gasteiger partial charge in [0.15, 0.2) is 9.79 Å². The molecule has 2 aromatic carbocycles. The molecular formula is C15H13S+. The average Bonchev–Trinajstić information content (AvgIpc) is 2.39. The highest BCUT2D eigenvalue weighted by Gasteiger charge is 2.28. The van der Waals surface area contributed by atoms with Gasteiger partial charge < -0.3 is 0 Å². The van der Waals surface area contributed by atoms with Crippen LogP contribution in [-0.2, 0) is 10.9 Å². The van der Waals surface area contributed by atoms with Crippen molar-refractivity contribution in [2.24, 2.45) is 0 Å². The maximum Gasteiger partial charge on any atom is 0.168 e. The van der Waals surface area contributed by atoms with Gasteiger partial charge in [-0.05, 0) is 36.4 Å². The van der Waals surface area contributed by atoms with Crippen LogP contribution in [0.15, 0.2) is 70.5 Å². The highest BCUT2D eigenvalue weighted by Crippen LogP contribution is 2.30. The maximum absolute atomic E-state index is 2.29. The van der Waals surface area contributed by atoms with E-state index in [1.807, 2.05) is 0 Å². The Morgan fingerprint density at radius 2 is 1.56 bits per heavy atom. The molecule has 1 aliphatic heterocycles. The monoisotopic (exact) mass is 225 g/mol. The molecule has 1 heteroatoms. The quantitative estimate of drug-likeness (QED) is 0.648. The maximum atomic E-state index is 2.29. The van der Waals surface area contributed by atoms with Gasteiger partial charge in [0.2, 0.25) is 0 Å². The zero-order valence-electron chi connectivity index (χ0n) is 8.97. The summed E-state index contributed by atoms with van der Waals surface area (Å²) in [6, 6.07) is 19.5. The summed E-state index contributed by atoms with van der Waals surface area (Å²) in [5.74, 6) is 1.14. The van der Waals surface area contributed by atoms with Crippen LogP contribution in [0.2, 0.25) is 0 Å². The van der Waals surface area contributed by atoms with Crippen molar-refractivity contribution >= 4 is 17.0 Å². The molecule has 0 aromatic heterocycles. The van der Waals surface area contributed by atoms with Crippen molar-refractivity contribution < 1.29 is 0 Å². The van der Waals surface area contributed by atoms with Crippen molar-refractivity contribution in [1.82, 2.24) is 0 Å². The van der Waals surface area contributed by atoms with Crippen LogP contribution in [-0.4, -0.2) is 5.75 Å². The van der Waals surface area contributed by atoms with Gasteiger partial charge in [-0.15, -0.1) is 0 Å². The Morgan fingerprint density at radius 3 is 2.44 bits per heavy atom. The van der Waals surface area contributed by atoms with E-state index in [1.54, 1.807) is 0 Å². The van der Waals surface area contributed by atoms with Crippen LogP contribution in [0, 0.1) is 0 Å². The summed E-state index contributed by atoms with van der Waals surface area (Å²) in [5.41, 5.74) is 1.38. The first-order valence-corrected chi connectivity index (χ1v) is 6.86. The van der Waals surface area contributed by atoms with Gasteiger partial charge in [0, 0.05) is 5.56 Å². The second kappa shape index (κ2) is 4.18. The van der Waals surface area contributed by atoms with Gasteiger partial charge in [0.05, 0.1) is 10.9 Å². The lowest BCUT2D eigenvalue weighted by Crippen LogP contribution is -2.11. The van der Waals surface area contributed by atoms with Crippen molar-refractivity contribution in [2.45, 2.75) is 9.79 Å². The van der Waals surface area contributed by atoms with Crippen LogP contribution in [0.3, 0.4) is 0 Å². The molecular weight excluding hydrogens is 212 g/mol. The second-order valence-corrected chi connectivity index (χ2v) is 5.84. The molecule has 0 spiro atoms. The van der Waals surface area contributed by atoms with Gasteiger partial charge in [0.25, 0.3) is 0 Å². The number of fused-ring (bicyclic) bond motifs is 1. The van der Waals surface area contributed by atoms with E-state index in [4.69, 9.17) is 0 Å². The first-order valence-electron chi connectivity index (χ1n) is 5.47. The van der Waals surface area contributed by atoms with Crippen LogP contribution in [0.1, 0.15) is 5.56 Å². The van der Waals surface area contributed by atoms with Crippen molar-refractivity contribution in [1.29, 1.82) is 0 Å². The molecule has 0 radical (unpaired) electrons. The van der Waals surface area contributed by atoms with Gasteiger partial charge in [-0.2, -0.15) is 0 Å². The van der Waals surface area contributed by atoms with Gasteiger partial charge in [-0.25, -0.2) is 0 Å². The van der Waals surface area contributed by atoms with Gasteiger partial charge in [0.1, 0.15) is 5.75 Å². The van der Waals surface area contributed by atoms with E-state index in [2.05, 4.69) is 66.7 Å². The summed E-state index contributed by atoms with van der Waals surface area (Å²) in [6.07, 6.45) is 4.53. The van der Waals surface area contributed by atoms with Gasteiger partial charge in [-0.3, -0.25) is 0 Å². The third kappa shape index (κ3) is 1.68. The minimum Gasteiger partial charge on any atom is -0.0619 e. The Balaban J connectivity index is 2.09. The van der Waals surface area contributed by atoms with Gasteiger partial charge >= 0.3 is 0 Å². The summed E-state index contributed by atoms with van der Waals surface area (Å²) in [7, 11) is 0.230. The standard InChI is InChI=1S/C15H13S/c1-2-9-14(10-3-1)16-12-6-8-13-7-4-5-11-15(13)16/h1-11H,12H2/q+1. The lowest BCUT2D eigenvalue weighted by Gasteiger charge is -2.12. The van der Waals surface area contributed by atoms with E-state index in [1.165, 1.54) is 15.4 Å².